The van der Waals surface area contributed by atoms with E-state index in [1.807, 2.05) is 73.8 Å². The molecule has 2 heterocycles. The first-order chi connectivity index (χ1) is 22.6. The average Bonchev–Trinajstić information content (AvgIpc) is 3.74. The number of hydrogen-bond donors (Lipinski definition) is 2. The number of nitrogens with one attached hydrogen (secondary N) is 1. The second kappa shape index (κ2) is 15.8. The highest BCUT2D eigenvalue weighted by molar-refractivity contribution is 7.98. The van der Waals surface area contributed by atoms with Crippen molar-refractivity contribution in [2.75, 3.05) is 12.0 Å². The number of thiophene rings is 1. The Kier molecular flexibility index (Phi) is 11.6. The minimum absolute atomic E-state index is 0.196. The average molecular weight is 687 g/mol. The lowest BCUT2D eigenvalue weighted by Crippen LogP contribution is -2.41. The summed E-state index contributed by atoms with van der Waals surface area (Å²) in [6, 6.07) is 25.0. The van der Waals surface area contributed by atoms with Crippen molar-refractivity contribution < 1.29 is 19.1 Å². The number of carbonyl (C=O) groups excluding carboxylic acids is 1. The van der Waals surface area contributed by atoms with E-state index in [0.29, 0.717) is 35.8 Å². The molecule has 0 aliphatic rings. The van der Waals surface area contributed by atoms with Gasteiger partial charge >= 0.3 is 5.97 Å². The molecule has 1 unspecified atom stereocenters. The van der Waals surface area contributed by atoms with Gasteiger partial charge in [-0.05, 0) is 126 Å². The van der Waals surface area contributed by atoms with Crippen molar-refractivity contribution in [1.29, 1.82) is 0 Å². The van der Waals surface area contributed by atoms with Crippen LogP contribution in [0.2, 0.25) is 5.02 Å². The van der Waals surface area contributed by atoms with Gasteiger partial charge in [0.05, 0.1) is 6.54 Å². The highest BCUT2D eigenvalue weighted by Gasteiger charge is 2.24. The van der Waals surface area contributed by atoms with Crippen LogP contribution in [0.25, 0.3) is 33.6 Å². The summed E-state index contributed by atoms with van der Waals surface area (Å²) in [6.07, 6.45) is 2.27. The minimum atomic E-state index is -1.03. The maximum absolute atomic E-state index is 13.6. The SMILES string of the molecule is CSCCC(NC(=O)c1ccc(CN(Cc2cc(-c3ccsc3)c(-c3ccc(Cl)cc3)o2)C(C)C)cc1-c1ccccc1C)C(=O)O. The summed E-state index contributed by atoms with van der Waals surface area (Å²) >= 11 is 9.38. The first-order valence-corrected chi connectivity index (χ1v) is 18.2. The van der Waals surface area contributed by atoms with Crippen molar-refractivity contribution in [1.82, 2.24) is 10.2 Å². The number of nitrogens with zero attached hydrogens (tertiary/aromatic N) is 1. The molecule has 5 rings (SSSR count). The quantitative estimate of drug-likeness (QED) is 0.121. The first-order valence-electron chi connectivity index (χ1n) is 15.5. The monoisotopic (exact) mass is 686 g/mol. The van der Waals surface area contributed by atoms with Gasteiger partial charge in [-0.1, -0.05) is 41.9 Å². The third-order valence-electron chi connectivity index (χ3n) is 8.17. The van der Waals surface area contributed by atoms with E-state index >= 15 is 0 Å². The standard InChI is InChI=1S/C38H39ClN2O4S2/c1-24(2)41(22-30-20-33(28-15-18-47-23-28)36(45-30)27-10-12-29(39)13-11-27)21-26-9-14-32(34(19-26)31-8-6-5-7-25(31)3)37(42)40-35(38(43)44)16-17-46-4/h5-15,18-20,23-24,35H,16-17,21-22H2,1-4H3,(H,40,42)(H,43,44). The summed E-state index contributed by atoms with van der Waals surface area (Å²) < 4.78 is 6.54. The molecular weight excluding hydrogens is 648 g/mol. The van der Waals surface area contributed by atoms with Crippen molar-refractivity contribution >= 4 is 46.6 Å². The molecule has 47 heavy (non-hydrogen) atoms. The lowest BCUT2D eigenvalue weighted by Gasteiger charge is -2.26. The fraction of sp³-hybridized carbons (Fsp3) is 0.263. The van der Waals surface area contributed by atoms with E-state index in [2.05, 4.69) is 53.0 Å². The number of carboxylic acids is 1. The Bertz CT molecular complexity index is 1820. The van der Waals surface area contributed by atoms with Gasteiger partial charge < -0.3 is 14.8 Å². The lowest BCUT2D eigenvalue weighted by molar-refractivity contribution is -0.139. The van der Waals surface area contributed by atoms with E-state index in [0.717, 1.165) is 50.5 Å². The largest absolute Gasteiger partial charge is 0.480 e. The molecule has 244 valence electrons. The Morgan fingerprint density at radius 2 is 1.72 bits per heavy atom. The molecule has 0 saturated heterocycles. The van der Waals surface area contributed by atoms with Crippen molar-refractivity contribution in [3.63, 3.8) is 0 Å². The molecule has 0 spiro atoms. The number of halogens is 1. The van der Waals surface area contributed by atoms with Crippen LogP contribution in [0.1, 0.15) is 47.5 Å². The maximum Gasteiger partial charge on any atom is 0.326 e. The topological polar surface area (TPSA) is 82.8 Å². The number of hydrogen-bond acceptors (Lipinski definition) is 6. The van der Waals surface area contributed by atoms with Crippen LogP contribution in [0.15, 0.2) is 94.0 Å². The molecule has 3 aromatic carbocycles. The summed E-state index contributed by atoms with van der Waals surface area (Å²) in [5.74, 6) is 0.874. The molecule has 5 aromatic rings. The molecule has 2 aromatic heterocycles. The normalized spacial score (nSPS) is 12.1. The van der Waals surface area contributed by atoms with Crippen molar-refractivity contribution in [2.45, 2.75) is 52.4 Å². The predicted octanol–water partition coefficient (Wildman–Crippen LogP) is 9.65. The molecule has 0 saturated carbocycles. The van der Waals surface area contributed by atoms with Crippen LogP contribution >= 0.6 is 34.7 Å². The number of rotatable bonds is 14. The summed E-state index contributed by atoms with van der Waals surface area (Å²) in [5, 5.41) is 17.4. The maximum atomic E-state index is 13.6. The number of aliphatic carboxylic acids is 1. The number of amides is 1. The van der Waals surface area contributed by atoms with E-state index in [4.69, 9.17) is 16.0 Å². The molecule has 2 N–H and O–H groups in total. The summed E-state index contributed by atoms with van der Waals surface area (Å²) in [6.45, 7) is 7.54. The lowest BCUT2D eigenvalue weighted by atomic mass is 9.93. The van der Waals surface area contributed by atoms with Crippen LogP contribution in [0.4, 0.5) is 0 Å². The van der Waals surface area contributed by atoms with Gasteiger partial charge in [0.25, 0.3) is 5.91 Å². The van der Waals surface area contributed by atoms with Crippen LogP contribution in [-0.4, -0.2) is 46.0 Å². The van der Waals surface area contributed by atoms with E-state index < -0.39 is 17.9 Å². The van der Waals surface area contributed by atoms with E-state index in [9.17, 15) is 14.7 Å². The molecule has 0 aliphatic heterocycles. The van der Waals surface area contributed by atoms with Gasteiger partial charge in [-0.3, -0.25) is 9.69 Å². The van der Waals surface area contributed by atoms with Gasteiger partial charge in [0.1, 0.15) is 17.6 Å². The molecule has 0 aliphatic carbocycles. The number of aryl methyl sites for hydroxylation is 1. The molecule has 1 amide bonds. The Hall–Kier alpha value is -3.82. The summed E-state index contributed by atoms with van der Waals surface area (Å²) in [4.78, 5) is 27.8. The second-order valence-corrected chi connectivity index (χ2v) is 14.0. The number of furan rings is 1. The van der Waals surface area contributed by atoms with E-state index in [1.54, 1.807) is 23.1 Å². The Morgan fingerprint density at radius 1 is 0.957 bits per heavy atom. The Morgan fingerprint density at radius 3 is 2.38 bits per heavy atom. The molecule has 0 bridgehead atoms. The van der Waals surface area contributed by atoms with Crippen LogP contribution in [0.3, 0.4) is 0 Å². The third kappa shape index (κ3) is 8.56. The van der Waals surface area contributed by atoms with E-state index in [-0.39, 0.29) is 6.04 Å². The summed E-state index contributed by atoms with van der Waals surface area (Å²) in [5.41, 5.74) is 7.35. The zero-order valence-corrected chi connectivity index (χ0v) is 29.3. The molecular formula is C38H39ClN2O4S2. The molecule has 6 nitrogen and oxygen atoms in total. The second-order valence-electron chi connectivity index (χ2n) is 11.8. The fourth-order valence-electron chi connectivity index (χ4n) is 5.54. The van der Waals surface area contributed by atoms with Crippen LogP contribution in [0, 0.1) is 6.92 Å². The van der Waals surface area contributed by atoms with Gasteiger partial charge in [0.15, 0.2) is 0 Å². The van der Waals surface area contributed by atoms with Crippen LogP contribution in [-0.2, 0) is 17.9 Å². The number of carboxylic acid groups (broad SMARTS) is 1. The van der Waals surface area contributed by atoms with Gasteiger partial charge in [-0.2, -0.15) is 23.1 Å². The van der Waals surface area contributed by atoms with Gasteiger partial charge in [0, 0.05) is 34.3 Å². The predicted molar refractivity (Wildman–Crippen MR) is 195 cm³/mol. The Labute approximate surface area is 289 Å². The minimum Gasteiger partial charge on any atom is -0.480 e. The van der Waals surface area contributed by atoms with Gasteiger partial charge in [0.2, 0.25) is 0 Å². The third-order valence-corrected chi connectivity index (χ3v) is 9.75. The molecule has 0 fully saturated rings. The summed E-state index contributed by atoms with van der Waals surface area (Å²) in [7, 11) is 0. The first kappa shape index (κ1) is 34.5. The number of benzene rings is 3. The highest BCUT2D eigenvalue weighted by atomic mass is 35.5. The van der Waals surface area contributed by atoms with Crippen LogP contribution < -0.4 is 5.32 Å². The van der Waals surface area contributed by atoms with Gasteiger partial charge in [-0.15, -0.1) is 0 Å². The number of carbonyl (C=O) groups is 2. The van der Waals surface area contributed by atoms with Crippen molar-refractivity contribution in [3.05, 3.63) is 117 Å². The Balaban J connectivity index is 1.46. The van der Waals surface area contributed by atoms with Crippen molar-refractivity contribution in [3.8, 4) is 33.6 Å². The smallest absolute Gasteiger partial charge is 0.326 e. The molecule has 9 heteroatoms. The molecule has 0 radical (unpaired) electrons. The highest BCUT2D eigenvalue weighted by Crippen LogP contribution is 2.37. The van der Waals surface area contributed by atoms with Crippen molar-refractivity contribution in [2.24, 2.45) is 0 Å². The zero-order valence-electron chi connectivity index (χ0n) is 27.0. The van der Waals surface area contributed by atoms with E-state index in [1.165, 1.54) is 0 Å². The fourth-order valence-corrected chi connectivity index (χ4v) is 6.79. The molecule has 1 atom stereocenters. The van der Waals surface area contributed by atoms with Crippen LogP contribution in [0.5, 0.6) is 0 Å². The zero-order chi connectivity index (χ0) is 33.5. The van der Waals surface area contributed by atoms with Gasteiger partial charge in [-0.25, -0.2) is 4.79 Å². The number of thioether (sulfide) groups is 1.